The number of nitrogens with zero attached hydrogens (tertiary/aromatic N) is 3. The van der Waals surface area contributed by atoms with Crippen molar-refractivity contribution in [3.63, 3.8) is 0 Å². The van der Waals surface area contributed by atoms with Crippen LogP contribution < -0.4 is 9.64 Å². The Morgan fingerprint density at radius 3 is 2.44 bits per heavy atom. The molecule has 2 aromatic carbocycles. The van der Waals surface area contributed by atoms with Crippen molar-refractivity contribution in [2.45, 2.75) is 6.92 Å². The molecule has 1 heterocycles. The lowest BCUT2D eigenvalue weighted by atomic mass is 10.1. The molecule has 1 aliphatic heterocycles. The summed E-state index contributed by atoms with van der Waals surface area (Å²) in [6, 6.07) is 14.4. The lowest BCUT2D eigenvalue weighted by molar-refractivity contribution is -0.384. The number of hydrogen-bond acceptors (Lipinski definition) is 6. The summed E-state index contributed by atoms with van der Waals surface area (Å²) in [6.45, 7) is 5.85. The maximum absolute atomic E-state index is 11.5. The van der Waals surface area contributed by atoms with E-state index in [9.17, 15) is 14.9 Å². The van der Waals surface area contributed by atoms with E-state index in [0.29, 0.717) is 30.9 Å². The van der Waals surface area contributed by atoms with Gasteiger partial charge in [0, 0.05) is 44.4 Å². The van der Waals surface area contributed by atoms with Crippen molar-refractivity contribution < 1.29 is 14.5 Å². The number of rotatable bonds is 7. The molecule has 0 radical (unpaired) electrons. The minimum Gasteiger partial charge on any atom is -0.492 e. The topological polar surface area (TPSA) is 75.9 Å². The molecule has 0 N–H and O–H groups in total. The third-order valence-electron chi connectivity index (χ3n) is 4.71. The Kier molecular flexibility index (Phi) is 6.03. The van der Waals surface area contributed by atoms with E-state index < -0.39 is 4.92 Å². The summed E-state index contributed by atoms with van der Waals surface area (Å²) < 4.78 is 5.73. The van der Waals surface area contributed by atoms with Gasteiger partial charge in [0.2, 0.25) is 0 Å². The number of piperazine rings is 1. The van der Waals surface area contributed by atoms with E-state index in [2.05, 4.69) is 4.90 Å². The zero-order valence-electron chi connectivity index (χ0n) is 15.3. The number of carbonyl (C=O) groups is 1. The Balaban J connectivity index is 1.56. The van der Waals surface area contributed by atoms with Gasteiger partial charge >= 0.3 is 0 Å². The predicted octanol–water partition coefficient (Wildman–Crippen LogP) is 3.00. The fourth-order valence-corrected chi connectivity index (χ4v) is 3.18. The average molecular weight is 369 g/mol. The van der Waals surface area contributed by atoms with E-state index in [0.717, 1.165) is 25.4 Å². The smallest absolute Gasteiger partial charge is 0.293 e. The molecule has 0 spiro atoms. The number of carbonyl (C=O) groups excluding carboxylic acids is 1. The maximum atomic E-state index is 11.5. The second kappa shape index (κ2) is 8.64. The molecule has 3 rings (SSSR count). The van der Waals surface area contributed by atoms with E-state index in [1.807, 2.05) is 35.2 Å². The van der Waals surface area contributed by atoms with Gasteiger partial charge in [0.25, 0.3) is 5.69 Å². The number of hydrogen-bond donors (Lipinski definition) is 0. The van der Waals surface area contributed by atoms with Gasteiger partial charge in [-0.1, -0.05) is 18.2 Å². The van der Waals surface area contributed by atoms with Gasteiger partial charge < -0.3 is 9.64 Å². The van der Waals surface area contributed by atoms with Crippen molar-refractivity contribution in [3.05, 3.63) is 64.2 Å². The summed E-state index contributed by atoms with van der Waals surface area (Å²) in [5.74, 6) is 0.685. The Hall–Kier alpha value is -2.93. The zero-order valence-corrected chi connectivity index (χ0v) is 15.3. The van der Waals surface area contributed by atoms with Crippen molar-refractivity contribution in [1.29, 1.82) is 0 Å². The molecule has 1 saturated heterocycles. The molecular formula is C20H23N3O4. The van der Waals surface area contributed by atoms with Crippen molar-refractivity contribution in [1.82, 2.24) is 4.90 Å². The molecule has 0 saturated carbocycles. The minimum absolute atomic E-state index is 0.0106. The van der Waals surface area contributed by atoms with Crippen LogP contribution in [0.5, 0.6) is 5.75 Å². The highest BCUT2D eigenvalue weighted by Crippen LogP contribution is 2.30. The molecular weight excluding hydrogens is 346 g/mol. The first-order valence-corrected chi connectivity index (χ1v) is 8.99. The number of Topliss-reactive ketones (excluding diaryl/α,β-unsaturated/α-hetero) is 1. The van der Waals surface area contributed by atoms with Crippen LogP contribution in [0.15, 0.2) is 48.5 Å². The monoisotopic (exact) mass is 369 g/mol. The van der Waals surface area contributed by atoms with Crippen LogP contribution in [0.4, 0.5) is 11.4 Å². The minimum atomic E-state index is -0.415. The molecule has 7 heteroatoms. The molecule has 27 heavy (non-hydrogen) atoms. The van der Waals surface area contributed by atoms with Crippen LogP contribution in [0.1, 0.15) is 17.3 Å². The zero-order chi connectivity index (χ0) is 19.2. The Morgan fingerprint density at radius 1 is 1.11 bits per heavy atom. The fourth-order valence-electron chi connectivity index (χ4n) is 3.18. The van der Waals surface area contributed by atoms with Gasteiger partial charge in [-0.3, -0.25) is 19.8 Å². The van der Waals surface area contributed by atoms with Crippen LogP contribution in [-0.4, -0.2) is 54.9 Å². The lowest BCUT2D eigenvalue weighted by Crippen LogP contribution is -2.47. The first-order valence-electron chi connectivity index (χ1n) is 8.99. The summed E-state index contributed by atoms with van der Waals surface area (Å²) in [5, 5.41) is 11.4. The van der Waals surface area contributed by atoms with Crippen molar-refractivity contribution in [2.24, 2.45) is 0 Å². The molecule has 1 fully saturated rings. The summed E-state index contributed by atoms with van der Waals surface area (Å²) >= 11 is 0. The number of nitro groups is 1. The van der Waals surface area contributed by atoms with Crippen LogP contribution in [-0.2, 0) is 0 Å². The van der Waals surface area contributed by atoms with Crippen LogP contribution in [0.2, 0.25) is 0 Å². The molecule has 0 bridgehead atoms. The molecule has 0 atom stereocenters. The second-order valence-corrected chi connectivity index (χ2v) is 6.51. The quantitative estimate of drug-likeness (QED) is 0.424. The number of ketones is 1. The van der Waals surface area contributed by atoms with E-state index >= 15 is 0 Å². The highest BCUT2D eigenvalue weighted by atomic mass is 16.6. The number of ether oxygens (including phenoxy) is 1. The second-order valence-electron chi connectivity index (χ2n) is 6.51. The molecule has 0 amide bonds. The molecule has 2 aromatic rings. The number of para-hydroxylation sites is 1. The number of benzene rings is 2. The van der Waals surface area contributed by atoms with Gasteiger partial charge in [-0.05, 0) is 31.2 Å². The Morgan fingerprint density at radius 2 is 1.81 bits per heavy atom. The molecule has 0 aliphatic carbocycles. The highest BCUT2D eigenvalue weighted by molar-refractivity contribution is 5.95. The molecule has 142 valence electrons. The van der Waals surface area contributed by atoms with Gasteiger partial charge in [0.15, 0.2) is 5.78 Å². The summed E-state index contributed by atoms with van der Waals surface area (Å²) in [7, 11) is 0. The Labute approximate surface area is 158 Å². The fraction of sp³-hybridized carbons (Fsp3) is 0.350. The summed E-state index contributed by atoms with van der Waals surface area (Å²) in [5.41, 5.74) is 0.927. The van der Waals surface area contributed by atoms with E-state index in [1.165, 1.54) is 13.0 Å². The van der Waals surface area contributed by atoms with E-state index in [4.69, 9.17) is 4.74 Å². The van der Waals surface area contributed by atoms with Gasteiger partial charge in [-0.25, -0.2) is 0 Å². The molecule has 0 aromatic heterocycles. The number of nitro benzene ring substituents is 1. The third kappa shape index (κ3) is 4.83. The van der Waals surface area contributed by atoms with Gasteiger partial charge in [-0.2, -0.15) is 0 Å². The van der Waals surface area contributed by atoms with Crippen molar-refractivity contribution in [2.75, 3.05) is 44.2 Å². The van der Waals surface area contributed by atoms with Gasteiger partial charge in [0.1, 0.15) is 18.0 Å². The largest absolute Gasteiger partial charge is 0.492 e. The summed E-state index contributed by atoms with van der Waals surface area (Å²) in [4.78, 5) is 26.8. The standard InChI is InChI=1S/C20H23N3O4/c1-16(24)17-7-8-19(20(15-17)23(25)26)22-11-9-21(10-12-22)13-14-27-18-5-3-2-4-6-18/h2-8,15H,9-14H2,1H3. The van der Waals surface area contributed by atoms with Crippen molar-refractivity contribution >= 4 is 17.2 Å². The predicted molar refractivity (Wildman–Crippen MR) is 104 cm³/mol. The average Bonchev–Trinajstić information content (AvgIpc) is 2.69. The van der Waals surface area contributed by atoms with Crippen LogP contribution in [0.25, 0.3) is 0 Å². The highest BCUT2D eigenvalue weighted by Gasteiger charge is 2.24. The van der Waals surface area contributed by atoms with E-state index in [1.54, 1.807) is 12.1 Å². The van der Waals surface area contributed by atoms with Crippen LogP contribution in [0, 0.1) is 10.1 Å². The SMILES string of the molecule is CC(=O)c1ccc(N2CCN(CCOc3ccccc3)CC2)c([N+](=O)[O-])c1. The van der Waals surface area contributed by atoms with Gasteiger partial charge in [-0.15, -0.1) is 0 Å². The van der Waals surface area contributed by atoms with Gasteiger partial charge in [0.05, 0.1) is 4.92 Å². The first-order chi connectivity index (χ1) is 13.0. The van der Waals surface area contributed by atoms with Crippen LogP contribution in [0.3, 0.4) is 0 Å². The third-order valence-corrected chi connectivity index (χ3v) is 4.71. The van der Waals surface area contributed by atoms with E-state index in [-0.39, 0.29) is 11.5 Å². The maximum Gasteiger partial charge on any atom is 0.293 e. The van der Waals surface area contributed by atoms with Crippen LogP contribution >= 0.6 is 0 Å². The first kappa shape index (κ1) is 18.8. The molecule has 1 aliphatic rings. The lowest BCUT2D eigenvalue weighted by Gasteiger charge is -2.35. The molecule has 0 unspecified atom stereocenters. The normalized spacial score (nSPS) is 14.8. The number of anilines is 1. The Bertz CT molecular complexity index is 802. The molecule has 7 nitrogen and oxygen atoms in total. The summed E-state index contributed by atoms with van der Waals surface area (Å²) in [6.07, 6.45) is 0. The van der Waals surface area contributed by atoms with Crippen molar-refractivity contribution in [3.8, 4) is 5.75 Å².